The van der Waals surface area contributed by atoms with Crippen molar-refractivity contribution in [3.8, 4) is 0 Å². The van der Waals surface area contributed by atoms with Crippen LogP contribution in [-0.4, -0.2) is 18.5 Å². The molecule has 5 fully saturated rings. The van der Waals surface area contributed by atoms with Crippen molar-refractivity contribution >= 4 is 5.91 Å². The first-order chi connectivity index (χ1) is 13.6. The molecule has 0 heterocycles. The SMILES string of the molecule is CCC=C1C2CC3(C(=O)NC4CC(CN)C4)CC1CC(c1ccccc1)(C2)C3. The van der Waals surface area contributed by atoms with Crippen LogP contribution in [-0.2, 0) is 10.2 Å². The van der Waals surface area contributed by atoms with Gasteiger partial charge in [-0.2, -0.15) is 0 Å². The molecular formula is C25H34N2O. The zero-order valence-electron chi connectivity index (χ0n) is 17.1. The van der Waals surface area contributed by atoms with E-state index in [0.717, 1.165) is 45.1 Å². The third-order valence-electron chi connectivity index (χ3n) is 8.38. The van der Waals surface area contributed by atoms with Gasteiger partial charge in [0.2, 0.25) is 5.91 Å². The van der Waals surface area contributed by atoms with Crippen molar-refractivity contribution < 1.29 is 4.79 Å². The first-order valence-corrected chi connectivity index (χ1v) is 11.3. The van der Waals surface area contributed by atoms with Gasteiger partial charge in [-0.15, -0.1) is 0 Å². The Hall–Kier alpha value is -1.61. The minimum atomic E-state index is -0.166. The topological polar surface area (TPSA) is 55.1 Å². The van der Waals surface area contributed by atoms with E-state index in [4.69, 9.17) is 5.73 Å². The number of rotatable bonds is 5. The molecule has 0 spiro atoms. The van der Waals surface area contributed by atoms with Crippen molar-refractivity contribution in [3.05, 3.63) is 47.5 Å². The molecule has 3 N–H and O–H groups in total. The second-order valence-electron chi connectivity index (χ2n) is 10.2. The average Bonchev–Trinajstić information content (AvgIpc) is 2.67. The molecule has 1 aromatic rings. The molecule has 28 heavy (non-hydrogen) atoms. The molecule has 1 aromatic carbocycles. The Morgan fingerprint density at radius 3 is 2.43 bits per heavy atom. The summed E-state index contributed by atoms with van der Waals surface area (Å²) in [4.78, 5) is 13.6. The van der Waals surface area contributed by atoms with Crippen LogP contribution in [0.15, 0.2) is 42.0 Å². The highest BCUT2D eigenvalue weighted by molar-refractivity contribution is 5.84. The number of carbonyl (C=O) groups excluding carboxylic acids is 1. The Kier molecular flexibility index (Phi) is 4.42. The summed E-state index contributed by atoms with van der Waals surface area (Å²) < 4.78 is 0. The molecule has 5 aliphatic rings. The van der Waals surface area contributed by atoms with E-state index in [2.05, 4.69) is 48.6 Å². The Bertz CT molecular complexity index is 759. The first kappa shape index (κ1) is 18.4. The molecule has 0 saturated heterocycles. The fourth-order valence-corrected chi connectivity index (χ4v) is 7.29. The molecule has 3 heteroatoms. The van der Waals surface area contributed by atoms with E-state index in [-0.39, 0.29) is 10.8 Å². The van der Waals surface area contributed by atoms with Crippen molar-refractivity contribution in [3.63, 3.8) is 0 Å². The van der Waals surface area contributed by atoms with Crippen LogP contribution in [0.1, 0.15) is 63.9 Å². The van der Waals surface area contributed by atoms with Crippen LogP contribution in [0.3, 0.4) is 0 Å². The Morgan fingerprint density at radius 2 is 1.82 bits per heavy atom. The number of carbonyl (C=O) groups is 1. The Balaban J connectivity index is 1.45. The molecule has 5 saturated carbocycles. The zero-order chi connectivity index (χ0) is 19.4. The summed E-state index contributed by atoms with van der Waals surface area (Å²) in [5.41, 5.74) is 8.94. The predicted octanol–water partition coefficient (Wildman–Crippen LogP) is 4.32. The second kappa shape index (κ2) is 6.73. The van der Waals surface area contributed by atoms with Crippen LogP contribution in [0.2, 0.25) is 0 Å². The second-order valence-corrected chi connectivity index (χ2v) is 10.2. The summed E-state index contributed by atoms with van der Waals surface area (Å²) in [5.74, 6) is 2.13. The Morgan fingerprint density at radius 1 is 1.14 bits per heavy atom. The minimum Gasteiger partial charge on any atom is -0.353 e. The van der Waals surface area contributed by atoms with E-state index in [1.54, 1.807) is 5.57 Å². The van der Waals surface area contributed by atoms with Crippen molar-refractivity contribution in [2.45, 2.75) is 69.7 Å². The van der Waals surface area contributed by atoms with Crippen LogP contribution in [0.5, 0.6) is 0 Å². The highest BCUT2D eigenvalue weighted by Crippen LogP contribution is 2.67. The van der Waals surface area contributed by atoms with E-state index in [1.807, 2.05) is 0 Å². The molecule has 2 unspecified atom stereocenters. The molecule has 2 atom stereocenters. The van der Waals surface area contributed by atoms with Gasteiger partial charge in [0, 0.05) is 6.04 Å². The maximum absolute atomic E-state index is 13.6. The van der Waals surface area contributed by atoms with Gasteiger partial charge in [-0.1, -0.05) is 48.9 Å². The molecule has 150 valence electrons. The lowest BCUT2D eigenvalue weighted by molar-refractivity contribution is -0.145. The smallest absolute Gasteiger partial charge is 0.226 e. The quantitative estimate of drug-likeness (QED) is 0.750. The predicted molar refractivity (Wildman–Crippen MR) is 113 cm³/mol. The Labute approximate surface area is 169 Å². The number of hydrogen-bond acceptors (Lipinski definition) is 2. The molecule has 3 nitrogen and oxygen atoms in total. The summed E-state index contributed by atoms with van der Waals surface area (Å²) in [5, 5.41) is 3.44. The molecular weight excluding hydrogens is 344 g/mol. The molecule has 0 radical (unpaired) electrons. The zero-order valence-corrected chi connectivity index (χ0v) is 17.1. The lowest BCUT2D eigenvalue weighted by Gasteiger charge is -2.63. The van der Waals surface area contributed by atoms with E-state index in [0.29, 0.717) is 29.7 Å². The molecule has 1 amide bonds. The van der Waals surface area contributed by atoms with Gasteiger partial charge in [-0.25, -0.2) is 0 Å². The third-order valence-corrected chi connectivity index (χ3v) is 8.38. The molecule has 5 aliphatic carbocycles. The van der Waals surface area contributed by atoms with Gasteiger partial charge in [0.05, 0.1) is 5.41 Å². The van der Waals surface area contributed by atoms with Gasteiger partial charge in [0.1, 0.15) is 0 Å². The van der Waals surface area contributed by atoms with Crippen molar-refractivity contribution in [2.75, 3.05) is 6.54 Å². The van der Waals surface area contributed by atoms with Crippen molar-refractivity contribution in [1.82, 2.24) is 5.32 Å². The molecule has 0 aromatic heterocycles. The maximum atomic E-state index is 13.6. The highest BCUT2D eigenvalue weighted by atomic mass is 16.2. The standard InChI is InChI=1S/C25H34N2O/c1-2-6-22-18-11-24(20-7-4-3-5-8-20)12-19(22)14-25(13-18,16-24)23(28)27-21-9-17(10-21)15-26/h3-8,17-19,21H,2,9-16,26H2,1H3,(H,27,28). The van der Waals surface area contributed by atoms with Crippen LogP contribution in [0.4, 0.5) is 0 Å². The monoisotopic (exact) mass is 378 g/mol. The summed E-state index contributed by atoms with van der Waals surface area (Å²) in [6, 6.07) is 11.4. The van der Waals surface area contributed by atoms with E-state index in [9.17, 15) is 4.79 Å². The summed E-state index contributed by atoms with van der Waals surface area (Å²) in [7, 11) is 0. The van der Waals surface area contributed by atoms with Crippen LogP contribution in [0.25, 0.3) is 0 Å². The van der Waals surface area contributed by atoms with Crippen LogP contribution >= 0.6 is 0 Å². The fraction of sp³-hybridized carbons (Fsp3) is 0.640. The number of amides is 1. The van der Waals surface area contributed by atoms with E-state index >= 15 is 0 Å². The first-order valence-electron chi connectivity index (χ1n) is 11.3. The summed E-state index contributed by atoms with van der Waals surface area (Å²) in [6.07, 6.45) is 11.3. The van der Waals surface area contributed by atoms with E-state index in [1.165, 1.54) is 18.4 Å². The van der Waals surface area contributed by atoms with Crippen LogP contribution < -0.4 is 11.1 Å². The molecule has 6 rings (SSSR count). The van der Waals surface area contributed by atoms with Gasteiger partial charge in [-0.05, 0) is 86.6 Å². The van der Waals surface area contributed by atoms with E-state index < -0.39 is 0 Å². The van der Waals surface area contributed by atoms with Gasteiger partial charge in [0.25, 0.3) is 0 Å². The number of allylic oxidation sites excluding steroid dienone is 2. The van der Waals surface area contributed by atoms with Gasteiger partial charge in [0.15, 0.2) is 0 Å². The van der Waals surface area contributed by atoms with Crippen LogP contribution in [0, 0.1) is 23.2 Å². The lowest BCUT2D eigenvalue weighted by Crippen LogP contribution is -2.61. The minimum absolute atomic E-state index is 0.166. The van der Waals surface area contributed by atoms with Gasteiger partial charge >= 0.3 is 0 Å². The van der Waals surface area contributed by atoms with Crippen molar-refractivity contribution in [2.24, 2.45) is 28.9 Å². The fourth-order valence-electron chi connectivity index (χ4n) is 7.29. The summed E-state index contributed by atoms with van der Waals surface area (Å²) in [6.45, 7) is 3.00. The highest BCUT2D eigenvalue weighted by Gasteiger charge is 2.62. The van der Waals surface area contributed by atoms with Crippen molar-refractivity contribution in [1.29, 1.82) is 0 Å². The molecule has 4 bridgehead atoms. The normalized spacial score (nSPS) is 40.9. The average molecular weight is 379 g/mol. The number of nitrogens with one attached hydrogen (secondary N) is 1. The number of benzene rings is 1. The maximum Gasteiger partial charge on any atom is 0.226 e. The van der Waals surface area contributed by atoms with Gasteiger partial charge in [-0.3, -0.25) is 4.79 Å². The summed E-state index contributed by atoms with van der Waals surface area (Å²) >= 11 is 0. The number of hydrogen-bond donors (Lipinski definition) is 2. The largest absolute Gasteiger partial charge is 0.353 e. The number of nitrogens with two attached hydrogens (primary N) is 1. The third kappa shape index (κ3) is 2.77. The molecule has 0 aliphatic heterocycles. The van der Waals surface area contributed by atoms with Gasteiger partial charge < -0.3 is 11.1 Å². The lowest BCUT2D eigenvalue weighted by atomic mass is 9.41.